The standard InChI is InChI=1S/C14H20F2N2S/c1-14(2)5-6-18(7-8-19-14)11-4-3-10(9-17)12(15)13(11)16/h3-4H,5-9,17H2,1-2H3. The van der Waals surface area contributed by atoms with Crippen molar-refractivity contribution in [1.82, 2.24) is 0 Å². The van der Waals surface area contributed by atoms with Crippen molar-refractivity contribution in [2.24, 2.45) is 5.73 Å². The predicted molar refractivity (Wildman–Crippen MR) is 77.6 cm³/mol. The highest BCUT2D eigenvalue weighted by atomic mass is 32.2. The number of hydrogen-bond acceptors (Lipinski definition) is 3. The summed E-state index contributed by atoms with van der Waals surface area (Å²) in [5.41, 5.74) is 5.97. The highest BCUT2D eigenvalue weighted by molar-refractivity contribution is 8.00. The second kappa shape index (κ2) is 5.67. The molecule has 0 spiro atoms. The number of nitrogens with zero attached hydrogens (tertiary/aromatic N) is 1. The summed E-state index contributed by atoms with van der Waals surface area (Å²) in [6, 6.07) is 3.22. The molecule has 19 heavy (non-hydrogen) atoms. The van der Waals surface area contributed by atoms with Gasteiger partial charge in [-0.15, -0.1) is 0 Å². The normalized spacial score (nSPS) is 19.3. The summed E-state index contributed by atoms with van der Waals surface area (Å²) >= 11 is 1.88. The summed E-state index contributed by atoms with van der Waals surface area (Å²) in [5, 5.41) is 0. The Hall–Kier alpha value is -0.810. The van der Waals surface area contributed by atoms with Gasteiger partial charge >= 0.3 is 0 Å². The maximum Gasteiger partial charge on any atom is 0.182 e. The fourth-order valence-electron chi connectivity index (χ4n) is 2.24. The lowest BCUT2D eigenvalue weighted by Crippen LogP contribution is -2.28. The molecule has 2 rings (SSSR count). The molecule has 1 aromatic rings. The molecule has 106 valence electrons. The quantitative estimate of drug-likeness (QED) is 0.905. The first-order valence-electron chi connectivity index (χ1n) is 6.50. The molecular formula is C14H20F2N2S. The second-order valence-electron chi connectivity index (χ2n) is 5.42. The van der Waals surface area contributed by atoms with Gasteiger partial charge in [0.25, 0.3) is 0 Å². The van der Waals surface area contributed by atoms with Crippen molar-refractivity contribution in [1.29, 1.82) is 0 Å². The van der Waals surface area contributed by atoms with Gasteiger partial charge in [0.1, 0.15) is 0 Å². The minimum Gasteiger partial charge on any atom is -0.368 e. The number of hydrogen-bond donors (Lipinski definition) is 1. The lowest BCUT2D eigenvalue weighted by Gasteiger charge is -2.25. The van der Waals surface area contributed by atoms with E-state index >= 15 is 0 Å². The van der Waals surface area contributed by atoms with Gasteiger partial charge in [-0.2, -0.15) is 11.8 Å². The van der Waals surface area contributed by atoms with Crippen LogP contribution in [0.1, 0.15) is 25.8 Å². The van der Waals surface area contributed by atoms with E-state index in [1.165, 1.54) is 0 Å². The minimum atomic E-state index is -0.809. The van der Waals surface area contributed by atoms with Crippen molar-refractivity contribution < 1.29 is 8.78 Å². The molecule has 1 saturated heterocycles. The maximum absolute atomic E-state index is 14.1. The van der Waals surface area contributed by atoms with E-state index in [2.05, 4.69) is 13.8 Å². The Balaban J connectivity index is 2.25. The number of anilines is 1. The molecule has 1 heterocycles. The van der Waals surface area contributed by atoms with Gasteiger partial charge in [-0.05, 0) is 12.5 Å². The third-order valence-electron chi connectivity index (χ3n) is 3.54. The number of nitrogens with two attached hydrogens (primary N) is 1. The van der Waals surface area contributed by atoms with Gasteiger partial charge in [0, 0.05) is 35.7 Å². The van der Waals surface area contributed by atoms with Crippen molar-refractivity contribution in [2.45, 2.75) is 31.6 Å². The van der Waals surface area contributed by atoms with Crippen molar-refractivity contribution in [2.75, 3.05) is 23.7 Å². The van der Waals surface area contributed by atoms with E-state index in [-0.39, 0.29) is 16.9 Å². The van der Waals surface area contributed by atoms with E-state index in [4.69, 9.17) is 5.73 Å². The van der Waals surface area contributed by atoms with E-state index in [0.717, 1.165) is 25.3 Å². The van der Waals surface area contributed by atoms with E-state index < -0.39 is 11.6 Å². The van der Waals surface area contributed by atoms with Crippen molar-refractivity contribution in [3.8, 4) is 0 Å². The molecule has 1 aliphatic heterocycles. The predicted octanol–water partition coefficient (Wildman–Crippen LogP) is 3.15. The van der Waals surface area contributed by atoms with Crippen LogP contribution in [0.5, 0.6) is 0 Å². The summed E-state index contributed by atoms with van der Waals surface area (Å²) in [6.07, 6.45) is 0.956. The average molecular weight is 286 g/mol. The molecule has 1 fully saturated rings. The van der Waals surface area contributed by atoms with Crippen LogP contribution in [0.25, 0.3) is 0 Å². The lowest BCUT2D eigenvalue weighted by atomic mass is 10.1. The maximum atomic E-state index is 14.1. The molecule has 0 saturated carbocycles. The Morgan fingerprint density at radius 3 is 2.68 bits per heavy atom. The van der Waals surface area contributed by atoms with Crippen LogP contribution < -0.4 is 10.6 Å². The highest BCUT2D eigenvalue weighted by Gasteiger charge is 2.26. The molecule has 5 heteroatoms. The van der Waals surface area contributed by atoms with Crippen LogP contribution in [0.3, 0.4) is 0 Å². The number of benzene rings is 1. The molecule has 1 aliphatic rings. The van der Waals surface area contributed by atoms with Gasteiger partial charge in [0.15, 0.2) is 11.6 Å². The smallest absolute Gasteiger partial charge is 0.182 e. The number of rotatable bonds is 2. The summed E-state index contributed by atoms with van der Waals surface area (Å²) < 4.78 is 28.1. The summed E-state index contributed by atoms with van der Waals surface area (Å²) in [7, 11) is 0. The Morgan fingerprint density at radius 2 is 2.00 bits per heavy atom. The molecule has 0 bridgehead atoms. The van der Waals surface area contributed by atoms with Crippen LogP contribution in [-0.2, 0) is 6.54 Å². The molecule has 2 nitrogen and oxygen atoms in total. The van der Waals surface area contributed by atoms with Gasteiger partial charge in [-0.1, -0.05) is 19.9 Å². The van der Waals surface area contributed by atoms with Gasteiger partial charge < -0.3 is 10.6 Å². The third-order valence-corrected chi connectivity index (χ3v) is 4.91. The molecule has 0 aliphatic carbocycles. The van der Waals surface area contributed by atoms with E-state index in [9.17, 15) is 8.78 Å². The summed E-state index contributed by atoms with van der Waals surface area (Å²) in [5.74, 6) is -0.656. The van der Waals surface area contributed by atoms with Crippen molar-refractivity contribution >= 4 is 17.4 Å². The first-order valence-corrected chi connectivity index (χ1v) is 7.49. The molecule has 0 unspecified atom stereocenters. The Morgan fingerprint density at radius 1 is 1.26 bits per heavy atom. The fourth-order valence-corrected chi connectivity index (χ4v) is 3.34. The van der Waals surface area contributed by atoms with E-state index in [1.54, 1.807) is 12.1 Å². The number of thioether (sulfide) groups is 1. The Bertz CT molecular complexity index is 463. The lowest BCUT2D eigenvalue weighted by molar-refractivity contribution is 0.496. The van der Waals surface area contributed by atoms with Crippen LogP contribution in [0, 0.1) is 11.6 Å². The molecule has 2 N–H and O–H groups in total. The zero-order chi connectivity index (χ0) is 14.0. The average Bonchev–Trinajstić information content (AvgIpc) is 2.54. The fraction of sp³-hybridized carbons (Fsp3) is 0.571. The number of halogens is 2. The van der Waals surface area contributed by atoms with Crippen LogP contribution in [-0.4, -0.2) is 23.6 Å². The highest BCUT2D eigenvalue weighted by Crippen LogP contribution is 2.33. The van der Waals surface area contributed by atoms with Gasteiger partial charge in [-0.25, -0.2) is 8.78 Å². The molecular weight excluding hydrogens is 266 g/mol. The molecule has 0 amide bonds. The van der Waals surface area contributed by atoms with Crippen LogP contribution in [0.2, 0.25) is 0 Å². The van der Waals surface area contributed by atoms with Crippen LogP contribution >= 0.6 is 11.8 Å². The van der Waals surface area contributed by atoms with Crippen LogP contribution in [0.15, 0.2) is 12.1 Å². The van der Waals surface area contributed by atoms with Gasteiger partial charge in [-0.3, -0.25) is 0 Å². The zero-order valence-corrected chi connectivity index (χ0v) is 12.2. The zero-order valence-electron chi connectivity index (χ0n) is 11.4. The topological polar surface area (TPSA) is 29.3 Å². The van der Waals surface area contributed by atoms with Crippen molar-refractivity contribution in [3.63, 3.8) is 0 Å². The Kier molecular flexibility index (Phi) is 4.36. The monoisotopic (exact) mass is 286 g/mol. The largest absolute Gasteiger partial charge is 0.368 e. The van der Waals surface area contributed by atoms with Gasteiger partial charge in [0.2, 0.25) is 0 Å². The molecule has 0 aromatic heterocycles. The second-order valence-corrected chi connectivity index (χ2v) is 7.22. The minimum absolute atomic E-state index is 0.0198. The Labute approximate surface area is 117 Å². The first-order chi connectivity index (χ1) is 8.94. The molecule has 0 radical (unpaired) electrons. The van der Waals surface area contributed by atoms with Crippen molar-refractivity contribution in [3.05, 3.63) is 29.3 Å². The molecule has 0 atom stereocenters. The summed E-state index contributed by atoms with van der Waals surface area (Å²) in [4.78, 5) is 1.93. The van der Waals surface area contributed by atoms with E-state index in [0.29, 0.717) is 5.69 Å². The third kappa shape index (κ3) is 3.20. The molecule has 1 aromatic carbocycles. The summed E-state index contributed by atoms with van der Waals surface area (Å²) in [6.45, 7) is 5.89. The van der Waals surface area contributed by atoms with E-state index in [1.807, 2.05) is 16.7 Å². The SMILES string of the molecule is CC1(C)CCN(c2ccc(CN)c(F)c2F)CCS1. The first kappa shape index (κ1) is 14.6. The van der Waals surface area contributed by atoms with Gasteiger partial charge in [0.05, 0.1) is 5.69 Å². The van der Waals surface area contributed by atoms with Crippen LogP contribution in [0.4, 0.5) is 14.5 Å².